The minimum absolute atomic E-state index is 0.183. The van der Waals surface area contributed by atoms with Crippen molar-refractivity contribution in [3.05, 3.63) is 35.4 Å². The van der Waals surface area contributed by atoms with Crippen molar-refractivity contribution < 1.29 is 4.79 Å². The topological polar surface area (TPSA) is 17.1 Å². The fraction of sp³-hybridized carbons (Fsp3) is 0.632. The molecular weight excluding hydrogens is 276 g/mol. The summed E-state index contributed by atoms with van der Waals surface area (Å²) in [6.45, 7) is 6.67. The predicted molar refractivity (Wildman–Crippen MR) is 91.0 cm³/mol. The van der Waals surface area contributed by atoms with E-state index in [4.69, 9.17) is 0 Å². The quantitative estimate of drug-likeness (QED) is 0.800. The van der Waals surface area contributed by atoms with E-state index < -0.39 is 0 Å². The summed E-state index contributed by atoms with van der Waals surface area (Å²) in [5.41, 5.74) is 2.70. The van der Waals surface area contributed by atoms with E-state index >= 15 is 0 Å². The largest absolute Gasteiger partial charge is 0.299 e. The molecule has 1 nitrogen and oxygen atoms in total. The molecule has 21 heavy (non-hydrogen) atoms. The molecule has 2 heteroatoms. The number of Topliss-reactive ketones (excluding diaryl/α,β-unsaturated/α-hetero) is 1. The Labute approximate surface area is 132 Å². The summed E-state index contributed by atoms with van der Waals surface area (Å²) in [7, 11) is 0. The van der Waals surface area contributed by atoms with E-state index in [0.717, 1.165) is 23.3 Å². The molecule has 114 valence electrons. The molecule has 2 heterocycles. The summed E-state index contributed by atoms with van der Waals surface area (Å²) in [5, 5.41) is 1.53. The van der Waals surface area contributed by atoms with Crippen molar-refractivity contribution in [3.63, 3.8) is 0 Å². The molecule has 2 unspecified atom stereocenters. The van der Waals surface area contributed by atoms with Gasteiger partial charge >= 0.3 is 0 Å². The zero-order chi connectivity index (χ0) is 15.0. The normalized spacial score (nSPS) is 28.6. The minimum Gasteiger partial charge on any atom is -0.299 e. The van der Waals surface area contributed by atoms with Crippen LogP contribution in [0.2, 0.25) is 0 Å². The number of carbonyl (C=O) groups excluding carboxylic acids is 1. The van der Waals surface area contributed by atoms with Crippen LogP contribution in [-0.2, 0) is 16.6 Å². The second-order valence-electron chi connectivity index (χ2n) is 7.72. The van der Waals surface area contributed by atoms with Gasteiger partial charge in [-0.2, -0.15) is 11.8 Å². The maximum atomic E-state index is 12.6. The first-order valence-corrected chi connectivity index (χ1v) is 9.13. The Balaban J connectivity index is 1.62. The van der Waals surface area contributed by atoms with Crippen LogP contribution in [0, 0.1) is 5.92 Å². The number of hydrogen-bond acceptors (Lipinski definition) is 2. The molecule has 0 amide bonds. The van der Waals surface area contributed by atoms with Gasteiger partial charge in [0.25, 0.3) is 0 Å². The Morgan fingerprint density at radius 3 is 2.19 bits per heavy atom. The molecule has 0 aliphatic carbocycles. The monoisotopic (exact) mass is 302 g/mol. The first-order valence-electron chi connectivity index (χ1n) is 8.19. The number of fused-ring (bicyclic) bond motifs is 2. The second-order valence-corrected chi connectivity index (χ2v) is 9.32. The van der Waals surface area contributed by atoms with Gasteiger partial charge in [0, 0.05) is 22.8 Å². The smallest absolute Gasteiger partial charge is 0.140 e. The molecule has 2 atom stereocenters. The number of carbonyl (C=O) groups is 1. The zero-order valence-electron chi connectivity index (χ0n) is 13.4. The van der Waals surface area contributed by atoms with Crippen LogP contribution < -0.4 is 0 Å². The molecule has 0 N–H and O–H groups in total. The van der Waals surface area contributed by atoms with Gasteiger partial charge in [-0.3, -0.25) is 4.79 Å². The van der Waals surface area contributed by atoms with Crippen LogP contribution in [0.3, 0.4) is 0 Å². The Hall–Kier alpha value is -0.760. The van der Waals surface area contributed by atoms with Crippen LogP contribution in [-0.4, -0.2) is 16.3 Å². The van der Waals surface area contributed by atoms with E-state index in [9.17, 15) is 4.79 Å². The number of rotatable bonds is 3. The first-order chi connectivity index (χ1) is 9.91. The fourth-order valence-corrected chi connectivity index (χ4v) is 5.36. The SMILES string of the molecule is CC(C)(C)c1ccc(CC(=O)C2CC3CCC(C2)S3)cc1. The molecular formula is C19H26OS. The Morgan fingerprint density at radius 2 is 1.67 bits per heavy atom. The summed E-state index contributed by atoms with van der Waals surface area (Å²) in [6.07, 6.45) is 5.54. The van der Waals surface area contributed by atoms with Crippen LogP contribution in [0.4, 0.5) is 0 Å². The van der Waals surface area contributed by atoms with Crippen molar-refractivity contribution in [2.24, 2.45) is 5.92 Å². The van der Waals surface area contributed by atoms with Crippen molar-refractivity contribution >= 4 is 17.5 Å². The van der Waals surface area contributed by atoms with Gasteiger partial charge in [0.1, 0.15) is 5.78 Å². The molecule has 2 fully saturated rings. The Bertz CT molecular complexity index is 499. The number of hydrogen-bond donors (Lipinski definition) is 0. The summed E-state index contributed by atoms with van der Waals surface area (Å²) in [4.78, 5) is 12.6. The first kappa shape index (κ1) is 15.1. The van der Waals surface area contributed by atoms with Gasteiger partial charge in [0.05, 0.1) is 0 Å². The van der Waals surface area contributed by atoms with Gasteiger partial charge in [-0.05, 0) is 42.2 Å². The fourth-order valence-electron chi connectivity index (χ4n) is 3.59. The van der Waals surface area contributed by atoms with Crippen LogP contribution in [0.5, 0.6) is 0 Å². The molecule has 0 saturated carbocycles. The number of thioether (sulfide) groups is 1. The molecule has 0 aromatic heterocycles. The molecule has 3 rings (SSSR count). The van der Waals surface area contributed by atoms with E-state index in [1.54, 1.807) is 0 Å². The lowest BCUT2D eigenvalue weighted by molar-refractivity contribution is -0.122. The molecule has 1 aromatic rings. The maximum Gasteiger partial charge on any atom is 0.140 e. The highest BCUT2D eigenvalue weighted by Gasteiger charge is 2.37. The van der Waals surface area contributed by atoms with Gasteiger partial charge in [-0.25, -0.2) is 0 Å². The number of benzene rings is 1. The lowest BCUT2D eigenvalue weighted by Crippen LogP contribution is -2.26. The van der Waals surface area contributed by atoms with E-state index in [1.165, 1.54) is 24.0 Å². The van der Waals surface area contributed by atoms with Gasteiger partial charge in [-0.1, -0.05) is 45.0 Å². The Morgan fingerprint density at radius 1 is 1.10 bits per heavy atom. The summed E-state index contributed by atoms with van der Waals surface area (Å²) >= 11 is 2.13. The van der Waals surface area contributed by atoms with Gasteiger partial charge in [0.2, 0.25) is 0 Å². The molecule has 2 bridgehead atoms. The van der Waals surface area contributed by atoms with Crippen LogP contribution >= 0.6 is 11.8 Å². The van der Waals surface area contributed by atoms with Crippen molar-refractivity contribution in [2.75, 3.05) is 0 Å². The second kappa shape index (κ2) is 5.79. The highest BCUT2D eigenvalue weighted by Crippen LogP contribution is 2.46. The van der Waals surface area contributed by atoms with Crippen molar-refractivity contribution in [1.29, 1.82) is 0 Å². The zero-order valence-corrected chi connectivity index (χ0v) is 14.2. The van der Waals surface area contributed by atoms with Crippen molar-refractivity contribution in [3.8, 4) is 0 Å². The minimum atomic E-state index is 0.183. The van der Waals surface area contributed by atoms with E-state index in [-0.39, 0.29) is 5.41 Å². The van der Waals surface area contributed by atoms with E-state index in [2.05, 4.69) is 56.8 Å². The van der Waals surface area contributed by atoms with Gasteiger partial charge < -0.3 is 0 Å². The molecule has 2 aliphatic heterocycles. The molecule has 2 saturated heterocycles. The van der Waals surface area contributed by atoms with E-state index in [1.807, 2.05) is 0 Å². The van der Waals surface area contributed by atoms with Crippen LogP contribution in [0.25, 0.3) is 0 Å². The highest BCUT2D eigenvalue weighted by molar-refractivity contribution is 8.00. The predicted octanol–water partition coefficient (Wildman–Crippen LogP) is 4.77. The van der Waals surface area contributed by atoms with Crippen molar-refractivity contribution in [2.45, 2.75) is 68.8 Å². The summed E-state index contributed by atoms with van der Waals surface area (Å²) < 4.78 is 0. The third-order valence-corrected chi connectivity index (χ3v) is 6.57. The molecule has 2 aliphatic rings. The Kier molecular flexibility index (Phi) is 4.18. The third kappa shape index (κ3) is 3.53. The maximum absolute atomic E-state index is 12.6. The van der Waals surface area contributed by atoms with Crippen LogP contribution in [0.1, 0.15) is 57.6 Å². The highest BCUT2D eigenvalue weighted by atomic mass is 32.2. The average molecular weight is 302 g/mol. The van der Waals surface area contributed by atoms with Gasteiger partial charge in [0.15, 0.2) is 0 Å². The molecule has 1 aromatic carbocycles. The lowest BCUT2D eigenvalue weighted by Gasteiger charge is -2.26. The third-order valence-electron chi connectivity index (χ3n) is 4.94. The summed E-state index contributed by atoms with van der Waals surface area (Å²) in [6, 6.07) is 8.65. The van der Waals surface area contributed by atoms with Crippen LogP contribution in [0.15, 0.2) is 24.3 Å². The summed E-state index contributed by atoms with van der Waals surface area (Å²) in [5.74, 6) is 0.793. The molecule has 0 radical (unpaired) electrons. The average Bonchev–Trinajstić information content (AvgIpc) is 2.77. The molecule has 0 spiro atoms. The number of ketones is 1. The van der Waals surface area contributed by atoms with E-state index in [0.29, 0.717) is 18.1 Å². The lowest BCUT2D eigenvalue weighted by atomic mass is 9.85. The van der Waals surface area contributed by atoms with Crippen molar-refractivity contribution in [1.82, 2.24) is 0 Å². The van der Waals surface area contributed by atoms with Gasteiger partial charge in [-0.15, -0.1) is 0 Å². The standard InChI is InChI=1S/C19H26OS/c1-19(2,3)15-6-4-13(5-7-15)10-18(20)14-11-16-8-9-17(12-14)21-16/h4-7,14,16-17H,8-12H2,1-3H3.